The topological polar surface area (TPSA) is 67.9 Å². The van der Waals surface area contributed by atoms with E-state index in [9.17, 15) is 9.59 Å². The maximum Gasteiger partial charge on any atom is 0.328 e. The first kappa shape index (κ1) is 20.2. The van der Waals surface area contributed by atoms with Crippen LogP contribution in [0.3, 0.4) is 0 Å². The maximum absolute atomic E-state index is 12.2. The molecular formula is C19H34N2O4. The van der Waals surface area contributed by atoms with Crippen LogP contribution >= 0.6 is 0 Å². The molecule has 25 heavy (non-hydrogen) atoms. The van der Waals surface area contributed by atoms with Gasteiger partial charge in [-0.3, -0.25) is 4.79 Å². The Balaban J connectivity index is 1.75. The number of ether oxygens (including phenoxy) is 2. The molecule has 2 aliphatic rings. The Bertz CT molecular complexity index is 424. The molecule has 1 saturated heterocycles. The Hall–Kier alpha value is -1.14. The Morgan fingerprint density at radius 3 is 2.52 bits per heavy atom. The summed E-state index contributed by atoms with van der Waals surface area (Å²) in [7, 11) is 1.36. The van der Waals surface area contributed by atoms with E-state index < -0.39 is 6.04 Å². The molecule has 1 aliphatic heterocycles. The van der Waals surface area contributed by atoms with Gasteiger partial charge in [-0.15, -0.1) is 0 Å². The molecule has 1 N–H and O–H groups in total. The van der Waals surface area contributed by atoms with Crippen LogP contribution in [0.4, 0.5) is 0 Å². The fourth-order valence-corrected chi connectivity index (χ4v) is 3.83. The number of hydrogen-bond donors (Lipinski definition) is 1. The smallest absolute Gasteiger partial charge is 0.328 e. The number of carbonyl (C=O) groups excluding carboxylic acids is 2. The van der Waals surface area contributed by atoms with E-state index in [0.29, 0.717) is 12.3 Å². The summed E-state index contributed by atoms with van der Waals surface area (Å²) >= 11 is 0. The largest absolute Gasteiger partial charge is 0.467 e. The van der Waals surface area contributed by atoms with Crippen molar-refractivity contribution in [1.29, 1.82) is 0 Å². The van der Waals surface area contributed by atoms with Crippen molar-refractivity contribution in [3.63, 3.8) is 0 Å². The summed E-state index contributed by atoms with van der Waals surface area (Å²) in [5, 5.41) is 2.80. The van der Waals surface area contributed by atoms with Gasteiger partial charge in [0.05, 0.1) is 13.2 Å². The van der Waals surface area contributed by atoms with E-state index in [1.165, 1.54) is 32.8 Å². The summed E-state index contributed by atoms with van der Waals surface area (Å²) in [6, 6.07) is -0.591. The highest BCUT2D eigenvalue weighted by Gasteiger charge is 2.25. The molecule has 0 aromatic carbocycles. The van der Waals surface area contributed by atoms with Crippen molar-refractivity contribution < 1.29 is 19.1 Å². The molecular weight excluding hydrogens is 320 g/mol. The van der Waals surface area contributed by atoms with Crippen molar-refractivity contribution in [2.45, 2.75) is 70.4 Å². The zero-order chi connectivity index (χ0) is 18.1. The molecule has 0 aromatic rings. The summed E-state index contributed by atoms with van der Waals surface area (Å²) < 4.78 is 10.6. The summed E-state index contributed by atoms with van der Waals surface area (Å²) in [5.41, 5.74) is 0. The lowest BCUT2D eigenvalue weighted by atomic mass is 9.88. The van der Waals surface area contributed by atoms with Gasteiger partial charge >= 0.3 is 5.97 Å². The second-order valence-electron chi connectivity index (χ2n) is 7.45. The van der Waals surface area contributed by atoms with Crippen LogP contribution in [0.15, 0.2) is 0 Å². The number of methoxy groups -OCH3 is 1. The van der Waals surface area contributed by atoms with Crippen molar-refractivity contribution in [2.75, 3.05) is 33.4 Å². The first-order chi connectivity index (χ1) is 12.1. The third kappa shape index (κ3) is 6.94. The van der Waals surface area contributed by atoms with Gasteiger partial charge in [0.2, 0.25) is 5.91 Å². The zero-order valence-electron chi connectivity index (χ0n) is 15.8. The molecule has 1 saturated carbocycles. The minimum atomic E-state index is -0.591. The molecule has 0 aromatic heterocycles. The maximum atomic E-state index is 12.2. The minimum Gasteiger partial charge on any atom is -0.467 e. The average molecular weight is 354 g/mol. The van der Waals surface area contributed by atoms with Crippen LogP contribution in [0.25, 0.3) is 0 Å². The molecule has 1 aliphatic carbocycles. The van der Waals surface area contributed by atoms with Crippen LogP contribution in [-0.2, 0) is 19.1 Å². The number of hydrogen-bond acceptors (Lipinski definition) is 5. The number of carbonyl (C=O) groups is 2. The van der Waals surface area contributed by atoms with E-state index in [1.807, 2.05) is 0 Å². The van der Waals surface area contributed by atoms with Gasteiger partial charge < -0.3 is 19.7 Å². The first-order valence-electron chi connectivity index (χ1n) is 9.81. The van der Waals surface area contributed by atoms with Gasteiger partial charge in [-0.25, -0.2) is 4.79 Å². The van der Waals surface area contributed by atoms with Crippen molar-refractivity contribution in [3.05, 3.63) is 0 Å². The van der Waals surface area contributed by atoms with Crippen molar-refractivity contribution in [3.8, 4) is 0 Å². The highest BCUT2D eigenvalue weighted by molar-refractivity contribution is 5.85. The number of esters is 1. The van der Waals surface area contributed by atoms with Crippen molar-refractivity contribution in [1.82, 2.24) is 10.2 Å². The van der Waals surface area contributed by atoms with E-state index in [4.69, 9.17) is 9.47 Å². The summed E-state index contributed by atoms with van der Waals surface area (Å²) in [6.07, 6.45) is 9.03. The molecule has 6 nitrogen and oxygen atoms in total. The molecule has 6 heteroatoms. The lowest BCUT2D eigenvalue weighted by Gasteiger charge is -2.29. The summed E-state index contributed by atoms with van der Waals surface area (Å²) in [6.45, 7) is 5.15. The standard InChI is InChI=1S/C19H34N2O4/c1-15-8-4-5-9-17(15)25-14-18(22)20-16(19(23)24-2)10-13-21-11-6-3-7-12-21/h15-17H,3-14H2,1-2H3,(H,20,22)/t15-,16+,17-/m1/s1. The Kier molecular flexibility index (Phi) is 8.68. The number of nitrogens with one attached hydrogen (secondary N) is 1. The van der Waals surface area contributed by atoms with Crippen LogP contribution in [0.2, 0.25) is 0 Å². The fourth-order valence-electron chi connectivity index (χ4n) is 3.83. The molecule has 2 rings (SSSR count). The molecule has 1 heterocycles. The SMILES string of the molecule is COC(=O)[C@H](CCN1CCCCC1)NC(=O)CO[C@@H]1CCCC[C@H]1C. The van der Waals surface area contributed by atoms with Crippen molar-refractivity contribution in [2.24, 2.45) is 5.92 Å². The highest BCUT2D eigenvalue weighted by atomic mass is 16.5. The average Bonchev–Trinajstić information content (AvgIpc) is 2.64. The van der Waals surface area contributed by atoms with Gasteiger partial charge in [-0.2, -0.15) is 0 Å². The van der Waals surface area contributed by atoms with E-state index in [-0.39, 0.29) is 24.6 Å². The van der Waals surface area contributed by atoms with Crippen LogP contribution in [-0.4, -0.2) is 62.3 Å². The quantitative estimate of drug-likeness (QED) is 0.676. The predicted octanol–water partition coefficient (Wildman–Crippen LogP) is 2.12. The van der Waals surface area contributed by atoms with Gasteiger partial charge in [0, 0.05) is 6.54 Å². The lowest BCUT2D eigenvalue weighted by molar-refractivity contribution is -0.146. The highest BCUT2D eigenvalue weighted by Crippen LogP contribution is 2.26. The van der Waals surface area contributed by atoms with Gasteiger partial charge in [-0.05, 0) is 51.1 Å². The minimum absolute atomic E-state index is 0.0201. The van der Waals surface area contributed by atoms with Gasteiger partial charge in [-0.1, -0.05) is 26.2 Å². The van der Waals surface area contributed by atoms with Crippen LogP contribution < -0.4 is 5.32 Å². The molecule has 0 unspecified atom stereocenters. The normalized spacial score (nSPS) is 26.0. The van der Waals surface area contributed by atoms with Crippen LogP contribution in [0.5, 0.6) is 0 Å². The second kappa shape index (κ2) is 10.8. The number of piperidine rings is 1. The molecule has 1 amide bonds. The van der Waals surface area contributed by atoms with E-state index in [0.717, 1.165) is 38.9 Å². The lowest BCUT2D eigenvalue weighted by Crippen LogP contribution is -2.46. The number of rotatable bonds is 8. The molecule has 144 valence electrons. The Morgan fingerprint density at radius 1 is 1.12 bits per heavy atom. The predicted molar refractivity (Wildman–Crippen MR) is 96.2 cm³/mol. The number of likely N-dealkylation sites (tertiary alicyclic amines) is 1. The van der Waals surface area contributed by atoms with E-state index >= 15 is 0 Å². The summed E-state index contributed by atoms with van der Waals surface area (Å²) in [5.74, 6) is -0.111. The van der Waals surface area contributed by atoms with E-state index in [2.05, 4.69) is 17.1 Å². The Morgan fingerprint density at radius 2 is 1.84 bits per heavy atom. The molecule has 3 atom stereocenters. The molecule has 2 fully saturated rings. The van der Waals surface area contributed by atoms with Gasteiger partial charge in [0.25, 0.3) is 0 Å². The molecule has 0 radical (unpaired) electrons. The third-order valence-electron chi connectivity index (χ3n) is 5.46. The van der Waals surface area contributed by atoms with Gasteiger partial charge in [0.15, 0.2) is 0 Å². The fraction of sp³-hybridized carbons (Fsp3) is 0.895. The van der Waals surface area contributed by atoms with Crippen LogP contribution in [0.1, 0.15) is 58.3 Å². The Labute approximate surface area is 151 Å². The van der Waals surface area contributed by atoms with Crippen molar-refractivity contribution >= 4 is 11.9 Å². The van der Waals surface area contributed by atoms with Gasteiger partial charge in [0.1, 0.15) is 12.6 Å². The number of nitrogens with zero attached hydrogens (tertiary/aromatic N) is 1. The summed E-state index contributed by atoms with van der Waals surface area (Å²) in [4.78, 5) is 26.6. The first-order valence-corrected chi connectivity index (χ1v) is 9.81. The number of amides is 1. The molecule has 0 spiro atoms. The van der Waals surface area contributed by atoms with Crippen LogP contribution in [0, 0.1) is 5.92 Å². The monoisotopic (exact) mass is 354 g/mol. The molecule has 0 bridgehead atoms. The second-order valence-corrected chi connectivity index (χ2v) is 7.45. The third-order valence-corrected chi connectivity index (χ3v) is 5.46. The van der Waals surface area contributed by atoms with E-state index in [1.54, 1.807) is 0 Å². The zero-order valence-corrected chi connectivity index (χ0v) is 15.8.